The van der Waals surface area contributed by atoms with Crippen LogP contribution in [0.5, 0.6) is 0 Å². The van der Waals surface area contributed by atoms with E-state index in [1.807, 2.05) is 4.90 Å². The molecule has 18 heavy (non-hydrogen) atoms. The Kier molecular flexibility index (Phi) is 6.51. The second kappa shape index (κ2) is 7.93. The predicted octanol–water partition coefficient (Wildman–Crippen LogP) is 1.70. The van der Waals surface area contributed by atoms with Crippen LogP contribution in [-0.4, -0.2) is 55.7 Å². The van der Waals surface area contributed by atoms with E-state index in [1.165, 1.54) is 6.42 Å². The summed E-state index contributed by atoms with van der Waals surface area (Å²) in [6.07, 6.45) is 2.64. The lowest BCUT2D eigenvalue weighted by Crippen LogP contribution is -2.48. The number of methoxy groups -OCH3 is 1. The van der Waals surface area contributed by atoms with Gasteiger partial charge in [0.25, 0.3) is 0 Å². The molecule has 5 nitrogen and oxygen atoms in total. The van der Waals surface area contributed by atoms with Crippen LogP contribution in [0.15, 0.2) is 0 Å². The number of piperidine rings is 1. The van der Waals surface area contributed by atoms with Gasteiger partial charge in [-0.2, -0.15) is 5.26 Å². The normalized spacial score (nSPS) is 19.4. The Morgan fingerprint density at radius 2 is 2.33 bits per heavy atom. The zero-order valence-corrected chi connectivity index (χ0v) is 11.4. The highest BCUT2D eigenvalue weighted by atomic mass is 16.5. The van der Waals surface area contributed by atoms with Crippen LogP contribution >= 0.6 is 0 Å². The minimum absolute atomic E-state index is 0.0499. The van der Waals surface area contributed by atoms with Crippen molar-refractivity contribution < 1.29 is 9.53 Å². The summed E-state index contributed by atoms with van der Waals surface area (Å²) in [6, 6.07) is 2.14. The van der Waals surface area contributed by atoms with Gasteiger partial charge >= 0.3 is 6.03 Å². The van der Waals surface area contributed by atoms with E-state index in [0.29, 0.717) is 32.0 Å². The number of ether oxygens (including phenoxy) is 1. The van der Waals surface area contributed by atoms with Crippen molar-refractivity contribution >= 4 is 6.03 Å². The average molecular weight is 253 g/mol. The molecule has 1 atom stereocenters. The highest BCUT2D eigenvalue weighted by Crippen LogP contribution is 2.17. The smallest absolute Gasteiger partial charge is 0.320 e. The molecule has 1 saturated heterocycles. The van der Waals surface area contributed by atoms with Gasteiger partial charge in [0, 0.05) is 33.3 Å². The first-order valence-electron chi connectivity index (χ1n) is 6.58. The Hall–Kier alpha value is -1.28. The number of hydrogen-bond acceptors (Lipinski definition) is 3. The van der Waals surface area contributed by atoms with Crippen LogP contribution in [0.3, 0.4) is 0 Å². The maximum absolute atomic E-state index is 12.3. The summed E-state index contributed by atoms with van der Waals surface area (Å²) in [5, 5.41) is 8.64. The maximum atomic E-state index is 12.3. The van der Waals surface area contributed by atoms with E-state index in [9.17, 15) is 4.79 Å². The molecule has 0 radical (unpaired) electrons. The summed E-state index contributed by atoms with van der Waals surface area (Å²) in [4.78, 5) is 16.0. The second-order valence-electron chi connectivity index (χ2n) is 4.86. The summed E-state index contributed by atoms with van der Waals surface area (Å²) < 4.78 is 5.02. The van der Waals surface area contributed by atoms with Gasteiger partial charge in [-0.05, 0) is 18.8 Å². The minimum Gasteiger partial charge on any atom is -0.383 e. The molecule has 0 aromatic rings. The molecule has 102 valence electrons. The number of nitriles is 1. The van der Waals surface area contributed by atoms with E-state index in [0.717, 1.165) is 19.5 Å². The third-order valence-electron chi connectivity index (χ3n) is 3.26. The first-order chi connectivity index (χ1) is 8.69. The lowest BCUT2D eigenvalue weighted by atomic mass is 10.0. The van der Waals surface area contributed by atoms with Gasteiger partial charge in [-0.3, -0.25) is 0 Å². The summed E-state index contributed by atoms with van der Waals surface area (Å²) in [6.45, 7) is 5.40. The van der Waals surface area contributed by atoms with E-state index in [1.54, 1.807) is 12.0 Å². The Bertz CT molecular complexity index is 301. The second-order valence-corrected chi connectivity index (χ2v) is 4.86. The molecular weight excluding hydrogens is 230 g/mol. The predicted molar refractivity (Wildman–Crippen MR) is 69.0 cm³/mol. The van der Waals surface area contributed by atoms with Gasteiger partial charge in [0.05, 0.1) is 19.1 Å². The van der Waals surface area contributed by atoms with Crippen molar-refractivity contribution in [3.63, 3.8) is 0 Å². The number of urea groups is 1. The third kappa shape index (κ3) is 4.53. The van der Waals surface area contributed by atoms with Crippen LogP contribution in [0, 0.1) is 17.2 Å². The fourth-order valence-electron chi connectivity index (χ4n) is 2.25. The van der Waals surface area contributed by atoms with Gasteiger partial charge in [0.15, 0.2) is 0 Å². The molecular formula is C13H23N3O2. The molecule has 5 heteroatoms. The molecule has 0 aromatic heterocycles. The molecule has 2 amide bonds. The zero-order chi connectivity index (χ0) is 13.4. The van der Waals surface area contributed by atoms with Gasteiger partial charge in [-0.25, -0.2) is 4.79 Å². The van der Waals surface area contributed by atoms with Crippen LogP contribution in [0.1, 0.15) is 26.2 Å². The highest BCUT2D eigenvalue weighted by molar-refractivity contribution is 5.74. The number of carbonyl (C=O) groups is 1. The quantitative estimate of drug-likeness (QED) is 0.749. The van der Waals surface area contributed by atoms with Crippen molar-refractivity contribution in [3.8, 4) is 6.07 Å². The lowest BCUT2D eigenvalue weighted by Gasteiger charge is -2.35. The van der Waals surface area contributed by atoms with Crippen molar-refractivity contribution in [3.05, 3.63) is 0 Å². The van der Waals surface area contributed by atoms with Gasteiger partial charge in [-0.15, -0.1) is 0 Å². The summed E-state index contributed by atoms with van der Waals surface area (Å²) in [5.41, 5.74) is 0. The summed E-state index contributed by atoms with van der Waals surface area (Å²) in [7, 11) is 1.62. The monoisotopic (exact) mass is 253 g/mol. The number of likely N-dealkylation sites (tertiary alicyclic amines) is 1. The molecule has 1 aliphatic heterocycles. The summed E-state index contributed by atoms with van der Waals surface area (Å²) >= 11 is 0. The maximum Gasteiger partial charge on any atom is 0.320 e. The molecule has 1 fully saturated rings. The largest absolute Gasteiger partial charge is 0.383 e. The Morgan fingerprint density at radius 1 is 1.56 bits per heavy atom. The average Bonchev–Trinajstić information content (AvgIpc) is 2.38. The van der Waals surface area contributed by atoms with Crippen molar-refractivity contribution in [2.24, 2.45) is 5.92 Å². The van der Waals surface area contributed by atoms with E-state index in [-0.39, 0.29) is 6.03 Å². The fraction of sp³-hybridized carbons (Fsp3) is 0.846. The highest BCUT2D eigenvalue weighted by Gasteiger charge is 2.24. The number of rotatable bonds is 5. The molecule has 0 aromatic carbocycles. The molecule has 1 rings (SSSR count). The molecule has 0 saturated carbocycles. The SMILES string of the molecule is COCCN(CCC#N)C(=O)N1CCCC(C)C1. The first kappa shape index (κ1) is 14.8. The fourth-order valence-corrected chi connectivity index (χ4v) is 2.25. The minimum atomic E-state index is 0.0499. The standard InChI is InChI=1S/C13H23N3O2/c1-12-5-3-7-16(11-12)13(17)15(8-4-6-14)9-10-18-2/h12H,3-5,7-11H2,1-2H3. The number of amides is 2. The molecule has 0 spiro atoms. The van der Waals surface area contributed by atoms with Crippen molar-refractivity contribution in [1.82, 2.24) is 9.80 Å². The topological polar surface area (TPSA) is 56.6 Å². The zero-order valence-electron chi connectivity index (χ0n) is 11.4. The Morgan fingerprint density at radius 3 is 2.94 bits per heavy atom. The Balaban J connectivity index is 2.53. The number of hydrogen-bond donors (Lipinski definition) is 0. The molecule has 0 bridgehead atoms. The molecule has 1 unspecified atom stereocenters. The molecule has 0 N–H and O–H groups in total. The van der Waals surface area contributed by atoms with Gasteiger partial charge in [-0.1, -0.05) is 6.92 Å². The first-order valence-corrected chi connectivity index (χ1v) is 6.58. The van der Waals surface area contributed by atoms with E-state index < -0.39 is 0 Å². The van der Waals surface area contributed by atoms with Crippen LogP contribution in [0.2, 0.25) is 0 Å². The van der Waals surface area contributed by atoms with Gasteiger partial charge < -0.3 is 14.5 Å². The third-order valence-corrected chi connectivity index (χ3v) is 3.26. The van der Waals surface area contributed by atoms with Crippen LogP contribution in [0.25, 0.3) is 0 Å². The molecule has 1 heterocycles. The van der Waals surface area contributed by atoms with Crippen LogP contribution < -0.4 is 0 Å². The number of carbonyl (C=O) groups excluding carboxylic acids is 1. The van der Waals surface area contributed by atoms with Crippen LogP contribution in [0.4, 0.5) is 4.79 Å². The lowest BCUT2D eigenvalue weighted by molar-refractivity contribution is 0.112. The van der Waals surface area contributed by atoms with Gasteiger partial charge in [0.2, 0.25) is 0 Å². The molecule has 0 aliphatic carbocycles. The van der Waals surface area contributed by atoms with Crippen molar-refractivity contribution in [2.75, 3.05) is 39.9 Å². The number of nitrogens with zero attached hydrogens (tertiary/aromatic N) is 3. The molecule has 1 aliphatic rings. The van der Waals surface area contributed by atoms with Crippen LogP contribution in [-0.2, 0) is 4.74 Å². The Labute approximate surface area is 109 Å². The van der Waals surface area contributed by atoms with E-state index in [2.05, 4.69) is 13.0 Å². The summed E-state index contributed by atoms with van der Waals surface area (Å²) in [5.74, 6) is 0.572. The van der Waals surface area contributed by atoms with E-state index in [4.69, 9.17) is 10.00 Å². The van der Waals surface area contributed by atoms with Crippen molar-refractivity contribution in [2.45, 2.75) is 26.2 Å². The van der Waals surface area contributed by atoms with Crippen molar-refractivity contribution in [1.29, 1.82) is 5.26 Å². The van der Waals surface area contributed by atoms with Gasteiger partial charge in [0.1, 0.15) is 0 Å². The van der Waals surface area contributed by atoms with E-state index >= 15 is 0 Å².